The molecule has 1 heterocycles. The van der Waals surface area contributed by atoms with Crippen molar-refractivity contribution in [2.24, 2.45) is 0 Å². The first-order valence-electron chi connectivity index (χ1n) is 6.77. The summed E-state index contributed by atoms with van der Waals surface area (Å²) in [4.78, 5) is 27.5. The van der Waals surface area contributed by atoms with Gasteiger partial charge < -0.3 is 15.4 Å². The van der Waals surface area contributed by atoms with Gasteiger partial charge in [0.2, 0.25) is 5.91 Å². The Balaban J connectivity index is 1.76. The lowest BCUT2D eigenvalue weighted by Gasteiger charge is -2.07. The maximum Gasteiger partial charge on any atom is 0.251 e. The summed E-state index contributed by atoms with van der Waals surface area (Å²) < 4.78 is 5.02. The molecular formula is C16H17N3O3. The van der Waals surface area contributed by atoms with E-state index in [1.807, 2.05) is 12.1 Å². The summed E-state index contributed by atoms with van der Waals surface area (Å²) in [6.45, 7) is 0.329. The summed E-state index contributed by atoms with van der Waals surface area (Å²) in [6, 6.07) is 10.3. The smallest absolute Gasteiger partial charge is 0.251 e. The fourth-order valence-electron chi connectivity index (χ4n) is 1.77. The van der Waals surface area contributed by atoms with Crippen LogP contribution in [0.5, 0.6) is 5.75 Å². The molecule has 0 aliphatic carbocycles. The standard InChI is InChI=1S/C16H17N3O3/c1-22-14-4-2-13(3-5-14)16(21)19-11-15(20)18-10-12-6-8-17-9-7-12/h2-9H,10-11H2,1H3,(H,18,20)(H,19,21). The van der Waals surface area contributed by atoms with Crippen LogP contribution in [0.1, 0.15) is 15.9 Å². The molecule has 1 aromatic heterocycles. The third-order valence-electron chi connectivity index (χ3n) is 3.00. The number of carbonyl (C=O) groups is 2. The highest BCUT2D eigenvalue weighted by Gasteiger charge is 2.08. The van der Waals surface area contributed by atoms with E-state index < -0.39 is 0 Å². The summed E-state index contributed by atoms with van der Waals surface area (Å²) in [5, 5.41) is 5.29. The van der Waals surface area contributed by atoms with E-state index in [0.29, 0.717) is 17.9 Å². The van der Waals surface area contributed by atoms with Crippen molar-refractivity contribution in [2.45, 2.75) is 6.54 Å². The number of amides is 2. The predicted octanol–water partition coefficient (Wildman–Crippen LogP) is 1.14. The molecule has 0 unspecified atom stereocenters. The van der Waals surface area contributed by atoms with E-state index in [2.05, 4.69) is 15.6 Å². The minimum atomic E-state index is -0.304. The Labute approximate surface area is 128 Å². The summed E-state index contributed by atoms with van der Waals surface area (Å²) in [5.74, 6) is 0.118. The van der Waals surface area contributed by atoms with Gasteiger partial charge in [-0.15, -0.1) is 0 Å². The molecule has 2 aromatic rings. The average molecular weight is 299 g/mol. The highest BCUT2D eigenvalue weighted by Crippen LogP contribution is 2.10. The van der Waals surface area contributed by atoms with E-state index in [1.54, 1.807) is 43.8 Å². The highest BCUT2D eigenvalue weighted by molar-refractivity contribution is 5.96. The SMILES string of the molecule is COc1ccc(C(=O)NCC(=O)NCc2ccncc2)cc1. The second-order valence-corrected chi connectivity index (χ2v) is 4.54. The van der Waals surface area contributed by atoms with Crippen LogP contribution in [0.3, 0.4) is 0 Å². The van der Waals surface area contributed by atoms with E-state index in [1.165, 1.54) is 0 Å². The van der Waals surface area contributed by atoms with Crippen LogP contribution in [-0.4, -0.2) is 30.5 Å². The van der Waals surface area contributed by atoms with Crippen molar-refractivity contribution in [1.29, 1.82) is 0 Å². The van der Waals surface area contributed by atoms with Crippen LogP contribution in [0.2, 0.25) is 0 Å². The van der Waals surface area contributed by atoms with E-state index in [4.69, 9.17) is 4.74 Å². The molecular weight excluding hydrogens is 282 g/mol. The van der Waals surface area contributed by atoms with Crippen LogP contribution >= 0.6 is 0 Å². The van der Waals surface area contributed by atoms with Crippen molar-refractivity contribution in [3.63, 3.8) is 0 Å². The van der Waals surface area contributed by atoms with Gasteiger partial charge in [0.1, 0.15) is 5.75 Å². The molecule has 0 saturated heterocycles. The number of hydrogen-bond donors (Lipinski definition) is 2. The topological polar surface area (TPSA) is 80.3 Å². The van der Waals surface area contributed by atoms with Gasteiger partial charge in [-0.05, 0) is 42.0 Å². The van der Waals surface area contributed by atoms with Gasteiger partial charge in [-0.1, -0.05) is 0 Å². The number of pyridine rings is 1. The summed E-state index contributed by atoms with van der Waals surface area (Å²) in [6.07, 6.45) is 3.32. The Morgan fingerprint density at radius 1 is 1.05 bits per heavy atom. The number of ether oxygens (including phenoxy) is 1. The molecule has 22 heavy (non-hydrogen) atoms. The molecule has 2 N–H and O–H groups in total. The molecule has 6 heteroatoms. The maximum absolute atomic E-state index is 11.9. The third kappa shape index (κ3) is 4.59. The average Bonchev–Trinajstić information content (AvgIpc) is 2.58. The van der Waals surface area contributed by atoms with Crippen molar-refractivity contribution in [2.75, 3.05) is 13.7 Å². The largest absolute Gasteiger partial charge is 0.497 e. The zero-order valence-corrected chi connectivity index (χ0v) is 12.2. The lowest BCUT2D eigenvalue weighted by atomic mass is 10.2. The lowest BCUT2D eigenvalue weighted by molar-refractivity contribution is -0.120. The molecule has 114 valence electrons. The number of nitrogens with one attached hydrogen (secondary N) is 2. The van der Waals surface area contributed by atoms with Gasteiger partial charge in [-0.3, -0.25) is 14.6 Å². The minimum absolute atomic E-state index is 0.0735. The van der Waals surface area contributed by atoms with Gasteiger partial charge in [0.05, 0.1) is 13.7 Å². The van der Waals surface area contributed by atoms with Crippen LogP contribution in [0.25, 0.3) is 0 Å². The number of benzene rings is 1. The molecule has 2 amide bonds. The fraction of sp³-hybridized carbons (Fsp3) is 0.188. The number of rotatable bonds is 6. The van der Waals surface area contributed by atoms with Gasteiger partial charge in [-0.25, -0.2) is 0 Å². The van der Waals surface area contributed by atoms with E-state index in [-0.39, 0.29) is 18.4 Å². The van der Waals surface area contributed by atoms with Crippen LogP contribution in [0.15, 0.2) is 48.8 Å². The molecule has 0 atom stereocenters. The summed E-state index contributed by atoms with van der Waals surface area (Å²) in [7, 11) is 1.56. The zero-order valence-electron chi connectivity index (χ0n) is 12.2. The Bertz CT molecular complexity index is 627. The van der Waals surface area contributed by atoms with Crippen LogP contribution in [-0.2, 0) is 11.3 Å². The number of nitrogens with zero attached hydrogens (tertiary/aromatic N) is 1. The van der Waals surface area contributed by atoms with Gasteiger partial charge in [0.15, 0.2) is 0 Å². The van der Waals surface area contributed by atoms with Crippen molar-refractivity contribution in [3.8, 4) is 5.75 Å². The fourth-order valence-corrected chi connectivity index (χ4v) is 1.77. The molecule has 0 fully saturated rings. The summed E-state index contributed by atoms with van der Waals surface area (Å²) >= 11 is 0. The van der Waals surface area contributed by atoms with Crippen molar-refractivity contribution >= 4 is 11.8 Å². The van der Waals surface area contributed by atoms with Crippen molar-refractivity contribution in [1.82, 2.24) is 15.6 Å². The number of methoxy groups -OCH3 is 1. The van der Waals surface area contributed by atoms with Crippen LogP contribution < -0.4 is 15.4 Å². The lowest BCUT2D eigenvalue weighted by Crippen LogP contribution is -2.36. The monoisotopic (exact) mass is 299 g/mol. The second kappa shape index (κ2) is 7.78. The quantitative estimate of drug-likeness (QED) is 0.838. The molecule has 2 rings (SSSR count). The first-order chi connectivity index (χ1) is 10.7. The predicted molar refractivity (Wildman–Crippen MR) is 81.4 cm³/mol. The number of hydrogen-bond acceptors (Lipinski definition) is 4. The van der Waals surface area contributed by atoms with Crippen LogP contribution in [0, 0.1) is 0 Å². The van der Waals surface area contributed by atoms with Crippen molar-refractivity contribution in [3.05, 3.63) is 59.9 Å². The molecule has 0 aliphatic rings. The zero-order chi connectivity index (χ0) is 15.8. The van der Waals surface area contributed by atoms with E-state index >= 15 is 0 Å². The Morgan fingerprint density at radius 3 is 2.36 bits per heavy atom. The normalized spacial score (nSPS) is 9.86. The van der Waals surface area contributed by atoms with Gasteiger partial charge in [0, 0.05) is 24.5 Å². The number of carbonyl (C=O) groups excluding carboxylic acids is 2. The Kier molecular flexibility index (Phi) is 5.48. The van der Waals surface area contributed by atoms with E-state index in [9.17, 15) is 9.59 Å². The third-order valence-corrected chi connectivity index (χ3v) is 3.00. The van der Waals surface area contributed by atoms with Gasteiger partial charge in [-0.2, -0.15) is 0 Å². The minimum Gasteiger partial charge on any atom is -0.497 e. The van der Waals surface area contributed by atoms with E-state index in [0.717, 1.165) is 5.56 Å². The maximum atomic E-state index is 11.9. The molecule has 0 spiro atoms. The highest BCUT2D eigenvalue weighted by atomic mass is 16.5. The Morgan fingerprint density at radius 2 is 1.73 bits per heavy atom. The van der Waals surface area contributed by atoms with Crippen molar-refractivity contribution < 1.29 is 14.3 Å². The Hall–Kier alpha value is -2.89. The number of aromatic nitrogens is 1. The molecule has 6 nitrogen and oxygen atoms in total. The first kappa shape index (κ1) is 15.5. The first-order valence-corrected chi connectivity index (χ1v) is 6.77. The summed E-state index contributed by atoms with van der Waals surface area (Å²) in [5.41, 5.74) is 1.42. The van der Waals surface area contributed by atoms with Gasteiger partial charge in [0.25, 0.3) is 5.91 Å². The molecule has 0 aliphatic heterocycles. The van der Waals surface area contributed by atoms with Crippen LogP contribution in [0.4, 0.5) is 0 Å². The van der Waals surface area contributed by atoms with Gasteiger partial charge >= 0.3 is 0 Å². The molecule has 0 saturated carbocycles. The molecule has 0 radical (unpaired) electrons. The molecule has 1 aromatic carbocycles. The molecule has 0 bridgehead atoms. The second-order valence-electron chi connectivity index (χ2n) is 4.54.